The second kappa shape index (κ2) is 27.7. The SMILES string of the molecule is c1ccc(-c2cc(-c3ccccc3)cc(-n3c4ccccc4c4cc(-c5ccc6c(c5)c5ccccc5n6-c5cc(-c6ccccc6)cc(-c6ccccc6)c5)ccc43)c2)cc1.c1ccc(-c2ccc(-n3c4ccccc4c4cc(-c5ccc6c(c5)c5ccccc5n6-c5ccc(-c6cccnc6)cc5)ccc43)cc2)cc1. The van der Waals surface area contributed by atoms with Crippen molar-refractivity contribution in [1.29, 1.82) is 0 Å². The molecule has 0 radical (unpaired) electrons. The minimum Gasteiger partial charge on any atom is -0.309 e. The lowest BCUT2D eigenvalue weighted by Crippen LogP contribution is -1.96. The Kier molecular flexibility index (Phi) is 16.2. The van der Waals surface area contributed by atoms with E-state index < -0.39 is 0 Å². The second-order valence-corrected chi connectivity index (χ2v) is 29.0. The van der Waals surface area contributed by atoms with Crippen molar-refractivity contribution in [2.45, 2.75) is 0 Å². The third-order valence-corrected chi connectivity index (χ3v) is 22.5. The van der Waals surface area contributed by atoms with Crippen LogP contribution in [0.1, 0.15) is 0 Å². The molecule has 22 rings (SSSR count). The molecule has 5 aromatic heterocycles. The summed E-state index contributed by atoms with van der Waals surface area (Å²) in [5.41, 5.74) is 33.2. The summed E-state index contributed by atoms with van der Waals surface area (Å²) in [5, 5.41) is 9.94. The molecule has 0 unspecified atom stereocenters. The first-order valence-corrected chi connectivity index (χ1v) is 38.4. The standard InChI is InChI=1S/C60H40N2.C47H31N3/c1-5-17-41(18-6-1)47-33-48(42-19-7-2-8-20-42)36-51(35-47)61-57-27-15-13-25-53(57)55-39-45(29-31-59(55)61)46-30-32-60-56(40-46)54-26-14-16-28-58(54)62(60)52-37-49(43-21-9-3-10-22-43)34-50(38-52)44-23-11-4-12-24-44;1-2-9-32(10-3-1)33-16-22-38(23-17-33)49-44-14-6-4-12-40(44)42-29-35(20-26-46(42)49)36-21-27-47-43(30-36)41-13-5-7-15-45(41)50(47)39-24-18-34(19-25-39)37-11-8-28-48-31-37/h1-40H;1-31H. The highest BCUT2D eigenvalue weighted by molar-refractivity contribution is 6.15. The van der Waals surface area contributed by atoms with Gasteiger partial charge in [0.05, 0.1) is 44.1 Å². The van der Waals surface area contributed by atoms with E-state index in [1.54, 1.807) is 0 Å². The maximum absolute atomic E-state index is 4.30. The van der Waals surface area contributed by atoms with Crippen molar-refractivity contribution in [2.24, 2.45) is 0 Å². The zero-order valence-corrected chi connectivity index (χ0v) is 61.2. The molecule has 0 N–H and O–H groups in total. The lowest BCUT2D eigenvalue weighted by Gasteiger charge is -2.14. The average molecular weight is 1430 g/mol. The maximum atomic E-state index is 4.30. The van der Waals surface area contributed by atoms with Crippen molar-refractivity contribution >= 4 is 87.2 Å². The number of pyridine rings is 1. The van der Waals surface area contributed by atoms with Crippen LogP contribution in [-0.4, -0.2) is 23.3 Å². The van der Waals surface area contributed by atoms with Crippen molar-refractivity contribution in [2.75, 3.05) is 0 Å². The van der Waals surface area contributed by atoms with Crippen LogP contribution in [0.15, 0.2) is 431 Å². The molecule has 0 spiro atoms. The smallest absolute Gasteiger partial charge is 0.0541 e. The van der Waals surface area contributed by atoms with Gasteiger partial charge < -0.3 is 18.3 Å². The van der Waals surface area contributed by atoms with E-state index in [1.807, 2.05) is 18.5 Å². The monoisotopic (exact) mass is 1430 g/mol. The van der Waals surface area contributed by atoms with Crippen molar-refractivity contribution < 1.29 is 0 Å². The van der Waals surface area contributed by atoms with Gasteiger partial charge in [-0.3, -0.25) is 4.98 Å². The quantitative estimate of drug-likeness (QED) is 0.120. The number of hydrogen-bond acceptors (Lipinski definition) is 1. The summed E-state index contributed by atoms with van der Waals surface area (Å²) >= 11 is 0. The van der Waals surface area contributed by atoms with Crippen LogP contribution in [-0.2, 0) is 0 Å². The Labute approximate surface area is 649 Å². The minimum absolute atomic E-state index is 1.12. The van der Waals surface area contributed by atoms with Crippen LogP contribution in [0, 0.1) is 0 Å². The Hall–Kier alpha value is -14.9. The first-order chi connectivity index (χ1) is 55.5. The normalized spacial score (nSPS) is 11.6. The fourth-order valence-electron chi connectivity index (χ4n) is 17.2. The van der Waals surface area contributed by atoms with E-state index >= 15 is 0 Å². The van der Waals surface area contributed by atoms with Crippen molar-refractivity contribution in [3.05, 3.63) is 431 Å². The van der Waals surface area contributed by atoms with E-state index in [1.165, 1.54) is 165 Å². The summed E-state index contributed by atoms with van der Waals surface area (Å²) in [7, 11) is 0. The number of hydrogen-bond donors (Lipinski definition) is 0. The van der Waals surface area contributed by atoms with Gasteiger partial charge in [-0.2, -0.15) is 0 Å². The summed E-state index contributed by atoms with van der Waals surface area (Å²) in [4.78, 5) is 4.30. The number of para-hydroxylation sites is 4. The van der Waals surface area contributed by atoms with E-state index in [0.717, 1.165) is 33.9 Å². The predicted octanol–water partition coefficient (Wildman–Crippen LogP) is 28.5. The molecular formula is C107H71N5. The van der Waals surface area contributed by atoms with Gasteiger partial charge in [0.1, 0.15) is 0 Å². The Balaban J connectivity index is 0.000000145. The van der Waals surface area contributed by atoms with Gasteiger partial charge in [-0.1, -0.05) is 279 Å². The van der Waals surface area contributed by atoms with E-state index in [0.29, 0.717) is 0 Å². The summed E-state index contributed by atoms with van der Waals surface area (Å²) in [6.45, 7) is 0. The molecule has 5 heterocycles. The molecule has 0 saturated carbocycles. The van der Waals surface area contributed by atoms with Gasteiger partial charge >= 0.3 is 0 Å². The fraction of sp³-hybridized carbons (Fsp3) is 0. The molecule has 0 bridgehead atoms. The predicted molar refractivity (Wildman–Crippen MR) is 472 cm³/mol. The van der Waals surface area contributed by atoms with Crippen molar-refractivity contribution in [3.8, 4) is 112 Å². The number of aromatic nitrogens is 5. The van der Waals surface area contributed by atoms with Gasteiger partial charge in [0.2, 0.25) is 0 Å². The van der Waals surface area contributed by atoms with Crippen LogP contribution in [0.25, 0.3) is 199 Å². The van der Waals surface area contributed by atoms with E-state index in [2.05, 4.69) is 436 Å². The summed E-state index contributed by atoms with van der Waals surface area (Å²) in [6.07, 6.45) is 3.72. The molecule has 0 saturated heterocycles. The van der Waals surface area contributed by atoms with Crippen LogP contribution in [0.2, 0.25) is 0 Å². The van der Waals surface area contributed by atoms with E-state index in [-0.39, 0.29) is 0 Å². The van der Waals surface area contributed by atoms with Gasteiger partial charge in [0.15, 0.2) is 0 Å². The van der Waals surface area contributed by atoms with Gasteiger partial charge in [-0.05, 0) is 229 Å². The zero-order chi connectivity index (χ0) is 74.0. The van der Waals surface area contributed by atoms with Crippen LogP contribution >= 0.6 is 0 Å². The van der Waals surface area contributed by atoms with E-state index in [9.17, 15) is 0 Å². The van der Waals surface area contributed by atoms with Gasteiger partial charge in [-0.15, -0.1) is 0 Å². The molecule has 524 valence electrons. The molecule has 0 atom stereocenters. The third-order valence-electron chi connectivity index (χ3n) is 22.5. The number of benzene rings is 17. The summed E-state index contributed by atoms with van der Waals surface area (Å²) in [5.74, 6) is 0. The van der Waals surface area contributed by atoms with Gasteiger partial charge in [-0.25, -0.2) is 0 Å². The molecule has 0 aliphatic rings. The summed E-state index contributed by atoms with van der Waals surface area (Å²) in [6, 6.07) is 152. The molecule has 5 nitrogen and oxygen atoms in total. The number of fused-ring (bicyclic) bond motifs is 12. The first-order valence-electron chi connectivity index (χ1n) is 38.4. The van der Waals surface area contributed by atoms with Crippen molar-refractivity contribution in [3.63, 3.8) is 0 Å². The molecule has 0 amide bonds. The highest BCUT2D eigenvalue weighted by Gasteiger charge is 2.22. The Morgan fingerprint density at radius 3 is 0.643 bits per heavy atom. The van der Waals surface area contributed by atoms with Crippen LogP contribution < -0.4 is 0 Å². The average Bonchev–Trinajstić information content (AvgIpc) is 1.61. The zero-order valence-electron chi connectivity index (χ0n) is 61.2. The molecular weight excluding hydrogens is 1360 g/mol. The highest BCUT2D eigenvalue weighted by Crippen LogP contribution is 2.44. The largest absolute Gasteiger partial charge is 0.309 e. The van der Waals surface area contributed by atoms with Gasteiger partial charge in [0.25, 0.3) is 0 Å². The topological polar surface area (TPSA) is 32.6 Å². The molecule has 22 aromatic rings. The lowest BCUT2D eigenvalue weighted by atomic mass is 9.98. The third kappa shape index (κ3) is 11.6. The van der Waals surface area contributed by atoms with Crippen molar-refractivity contribution in [1.82, 2.24) is 23.3 Å². The molecule has 0 aliphatic heterocycles. The lowest BCUT2D eigenvalue weighted by molar-refractivity contribution is 1.18. The Morgan fingerprint density at radius 1 is 0.134 bits per heavy atom. The van der Waals surface area contributed by atoms with Crippen LogP contribution in [0.3, 0.4) is 0 Å². The fourth-order valence-corrected chi connectivity index (χ4v) is 17.2. The molecule has 5 heteroatoms. The number of nitrogens with zero attached hydrogens (tertiary/aromatic N) is 5. The Bertz CT molecular complexity index is 6740. The van der Waals surface area contributed by atoms with E-state index in [4.69, 9.17) is 0 Å². The molecule has 0 aliphatic carbocycles. The first kappa shape index (κ1) is 65.4. The molecule has 112 heavy (non-hydrogen) atoms. The van der Waals surface area contributed by atoms with Crippen LogP contribution in [0.4, 0.5) is 0 Å². The maximum Gasteiger partial charge on any atom is 0.0541 e. The number of rotatable bonds is 12. The van der Waals surface area contributed by atoms with Gasteiger partial charge in [0, 0.05) is 78.2 Å². The summed E-state index contributed by atoms with van der Waals surface area (Å²) < 4.78 is 9.65. The minimum atomic E-state index is 1.12. The Morgan fingerprint density at radius 2 is 0.357 bits per heavy atom. The molecule has 17 aromatic carbocycles. The second-order valence-electron chi connectivity index (χ2n) is 29.0. The molecule has 0 fully saturated rings. The van der Waals surface area contributed by atoms with Crippen LogP contribution in [0.5, 0.6) is 0 Å². The highest BCUT2D eigenvalue weighted by atomic mass is 15.0.